The molecule has 2 N–H and O–H groups in total. The van der Waals surface area contributed by atoms with Gasteiger partial charge in [-0.05, 0) is 42.5 Å². The van der Waals surface area contributed by atoms with Crippen molar-refractivity contribution in [2.75, 3.05) is 17.2 Å². The molecule has 19 heavy (non-hydrogen) atoms. The summed E-state index contributed by atoms with van der Waals surface area (Å²) in [5.41, 5.74) is 10.3. The molecule has 3 nitrogen and oxygen atoms in total. The molecular weight excluding hydrogens is 234 g/mol. The molecule has 1 aliphatic heterocycles. The number of nitrogens with two attached hydrogens (primary N) is 1. The molecule has 1 aromatic heterocycles. The first-order chi connectivity index (χ1) is 9.15. The lowest BCUT2D eigenvalue weighted by molar-refractivity contribution is 0.559. The molecule has 2 aromatic rings. The fourth-order valence-corrected chi connectivity index (χ4v) is 2.87. The number of nitrogen functional groups attached to an aromatic ring is 1. The number of anilines is 3. The van der Waals surface area contributed by atoms with E-state index >= 15 is 0 Å². The molecule has 0 fully saturated rings. The summed E-state index contributed by atoms with van der Waals surface area (Å²) in [6, 6.07) is 10.6. The van der Waals surface area contributed by atoms with E-state index in [4.69, 9.17) is 5.73 Å². The van der Waals surface area contributed by atoms with Crippen LogP contribution in [0.25, 0.3) is 0 Å². The maximum absolute atomic E-state index is 5.80. The summed E-state index contributed by atoms with van der Waals surface area (Å²) in [6.07, 6.45) is 2.88. The molecule has 98 valence electrons. The van der Waals surface area contributed by atoms with Crippen molar-refractivity contribution < 1.29 is 0 Å². The Bertz CT molecular complexity index is 607. The van der Waals surface area contributed by atoms with Crippen molar-refractivity contribution in [3.8, 4) is 0 Å². The molecule has 1 atom stereocenters. The average Bonchev–Trinajstić information content (AvgIpc) is 2.38. The van der Waals surface area contributed by atoms with Crippen molar-refractivity contribution in [3.63, 3.8) is 0 Å². The van der Waals surface area contributed by atoms with Crippen LogP contribution in [0.5, 0.6) is 0 Å². The molecule has 1 unspecified atom stereocenters. The van der Waals surface area contributed by atoms with E-state index in [1.807, 2.05) is 6.07 Å². The van der Waals surface area contributed by atoms with E-state index in [0.717, 1.165) is 30.0 Å². The van der Waals surface area contributed by atoms with E-state index < -0.39 is 0 Å². The average molecular weight is 253 g/mol. The lowest BCUT2D eigenvalue weighted by Gasteiger charge is -2.34. The summed E-state index contributed by atoms with van der Waals surface area (Å²) in [7, 11) is 0. The lowest BCUT2D eigenvalue weighted by atomic mass is 9.93. The quantitative estimate of drug-likeness (QED) is 0.848. The number of nitrogens with zero attached hydrogens (tertiary/aromatic N) is 2. The van der Waals surface area contributed by atoms with Crippen LogP contribution in [0, 0.1) is 12.8 Å². The van der Waals surface area contributed by atoms with Gasteiger partial charge in [0, 0.05) is 12.2 Å². The Labute approximate surface area is 114 Å². The fourth-order valence-electron chi connectivity index (χ4n) is 2.87. The van der Waals surface area contributed by atoms with Crippen LogP contribution in [0.2, 0.25) is 0 Å². The van der Waals surface area contributed by atoms with Gasteiger partial charge < -0.3 is 10.6 Å². The molecular formula is C16H19N3. The van der Waals surface area contributed by atoms with E-state index in [2.05, 4.69) is 48.0 Å². The summed E-state index contributed by atoms with van der Waals surface area (Å²) in [4.78, 5) is 6.85. The Morgan fingerprint density at radius 3 is 2.89 bits per heavy atom. The standard InChI is InChI=1S/C16H19N3/c1-11-7-13-5-3-4-6-15(13)19(10-11)16-12(2)8-14(17)9-18-16/h3-6,8-9,11H,7,10,17H2,1-2H3. The SMILES string of the molecule is Cc1cc(N)cnc1N1CC(C)Cc2ccccc21. The van der Waals surface area contributed by atoms with Gasteiger partial charge >= 0.3 is 0 Å². The van der Waals surface area contributed by atoms with Crippen molar-refractivity contribution in [1.82, 2.24) is 4.98 Å². The Balaban J connectivity index is 2.10. The number of rotatable bonds is 1. The molecule has 3 heteroatoms. The van der Waals surface area contributed by atoms with Gasteiger partial charge in [0.2, 0.25) is 0 Å². The van der Waals surface area contributed by atoms with E-state index in [1.165, 1.54) is 11.3 Å². The topological polar surface area (TPSA) is 42.1 Å². The number of para-hydroxylation sites is 1. The lowest BCUT2D eigenvalue weighted by Crippen LogP contribution is -2.31. The summed E-state index contributed by atoms with van der Waals surface area (Å²) >= 11 is 0. The van der Waals surface area contributed by atoms with Gasteiger partial charge in [-0.15, -0.1) is 0 Å². The van der Waals surface area contributed by atoms with E-state index in [0.29, 0.717) is 5.92 Å². The van der Waals surface area contributed by atoms with Crippen molar-refractivity contribution in [2.45, 2.75) is 20.3 Å². The van der Waals surface area contributed by atoms with Gasteiger partial charge in [-0.3, -0.25) is 0 Å². The number of pyridine rings is 1. The van der Waals surface area contributed by atoms with Crippen molar-refractivity contribution in [1.29, 1.82) is 0 Å². The van der Waals surface area contributed by atoms with E-state index in [-0.39, 0.29) is 0 Å². The van der Waals surface area contributed by atoms with Crippen molar-refractivity contribution >= 4 is 17.2 Å². The number of aryl methyl sites for hydroxylation is 1. The van der Waals surface area contributed by atoms with E-state index in [9.17, 15) is 0 Å². The van der Waals surface area contributed by atoms with Crippen LogP contribution in [0.3, 0.4) is 0 Å². The van der Waals surface area contributed by atoms with Gasteiger partial charge in [0.1, 0.15) is 5.82 Å². The molecule has 3 rings (SSSR count). The van der Waals surface area contributed by atoms with Crippen LogP contribution in [0.15, 0.2) is 36.5 Å². The van der Waals surface area contributed by atoms with Gasteiger partial charge in [-0.25, -0.2) is 4.98 Å². The second-order valence-corrected chi connectivity index (χ2v) is 5.46. The molecule has 1 aliphatic rings. The Morgan fingerprint density at radius 1 is 1.32 bits per heavy atom. The third-order valence-electron chi connectivity index (χ3n) is 3.67. The minimum absolute atomic E-state index is 0.633. The molecule has 0 saturated carbocycles. The second-order valence-electron chi connectivity index (χ2n) is 5.46. The molecule has 0 radical (unpaired) electrons. The summed E-state index contributed by atoms with van der Waals surface area (Å²) < 4.78 is 0. The molecule has 0 bridgehead atoms. The van der Waals surface area contributed by atoms with Crippen LogP contribution >= 0.6 is 0 Å². The first-order valence-electron chi connectivity index (χ1n) is 6.72. The summed E-state index contributed by atoms with van der Waals surface area (Å²) in [6.45, 7) is 5.37. The predicted octanol–water partition coefficient (Wildman–Crippen LogP) is 3.30. The van der Waals surface area contributed by atoms with Gasteiger partial charge in [0.05, 0.1) is 11.9 Å². The normalized spacial score (nSPS) is 18.2. The van der Waals surface area contributed by atoms with E-state index in [1.54, 1.807) is 6.20 Å². The number of hydrogen-bond donors (Lipinski definition) is 1. The number of hydrogen-bond acceptors (Lipinski definition) is 3. The smallest absolute Gasteiger partial charge is 0.136 e. The van der Waals surface area contributed by atoms with Gasteiger partial charge in [-0.2, -0.15) is 0 Å². The zero-order valence-corrected chi connectivity index (χ0v) is 11.4. The molecule has 1 aromatic carbocycles. The number of fused-ring (bicyclic) bond motifs is 1. The first kappa shape index (κ1) is 12.0. The first-order valence-corrected chi connectivity index (χ1v) is 6.72. The van der Waals surface area contributed by atoms with Gasteiger partial charge in [-0.1, -0.05) is 25.1 Å². The Hall–Kier alpha value is -2.03. The zero-order valence-electron chi connectivity index (χ0n) is 11.4. The highest BCUT2D eigenvalue weighted by molar-refractivity contribution is 5.68. The highest BCUT2D eigenvalue weighted by Crippen LogP contribution is 2.35. The van der Waals surface area contributed by atoms with Crippen LogP contribution in [-0.4, -0.2) is 11.5 Å². The summed E-state index contributed by atoms with van der Waals surface area (Å²) in [5.74, 6) is 1.65. The Morgan fingerprint density at radius 2 is 2.11 bits per heavy atom. The monoisotopic (exact) mass is 253 g/mol. The largest absolute Gasteiger partial charge is 0.397 e. The third kappa shape index (κ3) is 2.16. The Kier molecular flexibility index (Phi) is 2.90. The van der Waals surface area contributed by atoms with Crippen LogP contribution in [-0.2, 0) is 6.42 Å². The maximum atomic E-state index is 5.80. The highest BCUT2D eigenvalue weighted by atomic mass is 15.2. The van der Waals surface area contributed by atoms with Crippen LogP contribution in [0.1, 0.15) is 18.1 Å². The molecule has 2 heterocycles. The number of aromatic nitrogens is 1. The summed E-state index contributed by atoms with van der Waals surface area (Å²) in [5, 5.41) is 0. The minimum Gasteiger partial charge on any atom is -0.397 e. The zero-order chi connectivity index (χ0) is 13.4. The van der Waals surface area contributed by atoms with Crippen molar-refractivity contribution in [3.05, 3.63) is 47.7 Å². The minimum atomic E-state index is 0.633. The highest BCUT2D eigenvalue weighted by Gasteiger charge is 2.24. The second kappa shape index (κ2) is 4.57. The fraction of sp³-hybridized carbons (Fsp3) is 0.312. The molecule has 0 amide bonds. The maximum Gasteiger partial charge on any atom is 0.136 e. The van der Waals surface area contributed by atoms with Crippen LogP contribution < -0.4 is 10.6 Å². The molecule has 0 aliphatic carbocycles. The molecule has 0 saturated heterocycles. The van der Waals surface area contributed by atoms with Crippen molar-refractivity contribution in [2.24, 2.45) is 5.92 Å². The number of benzene rings is 1. The van der Waals surface area contributed by atoms with Crippen LogP contribution in [0.4, 0.5) is 17.2 Å². The van der Waals surface area contributed by atoms with Gasteiger partial charge in [0.25, 0.3) is 0 Å². The third-order valence-corrected chi connectivity index (χ3v) is 3.67. The van der Waals surface area contributed by atoms with Gasteiger partial charge in [0.15, 0.2) is 0 Å². The molecule has 0 spiro atoms. The predicted molar refractivity (Wildman–Crippen MR) is 79.7 cm³/mol.